The van der Waals surface area contributed by atoms with E-state index in [1.807, 2.05) is 0 Å². The third-order valence-corrected chi connectivity index (χ3v) is 4.52. The van der Waals surface area contributed by atoms with Gasteiger partial charge < -0.3 is 10.6 Å². The fraction of sp³-hybridized carbons (Fsp3) is 0.0714. The van der Waals surface area contributed by atoms with Crippen LogP contribution >= 0.6 is 23.8 Å². The Kier molecular flexibility index (Phi) is 6.07. The number of sulfonamides is 1. The molecule has 1 heterocycles. The van der Waals surface area contributed by atoms with Crippen molar-refractivity contribution >= 4 is 50.5 Å². The van der Waals surface area contributed by atoms with Gasteiger partial charge in [-0.25, -0.2) is 8.42 Å². The second-order valence-electron chi connectivity index (χ2n) is 4.49. The molecule has 0 atom stereocenters. The average Bonchev–Trinajstić information content (AvgIpc) is 2.55. The van der Waals surface area contributed by atoms with Gasteiger partial charge in [-0.3, -0.25) is 4.72 Å². The molecule has 0 radical (unpaired) electrons. The maximum atomic E-state index is 12.3. The number of nitrogens with zero attached hydrogens (tertiary/aromatic N) is 2. The first-order chi connectivity index (χ1) is 11.4. The van der Waals surface area contributed by atoms with Gasteiger partial charge in [0.1, 0.15) is 0 Å². The van der Waals surface area contributed by atoms with Gasteiger partial charge >= 0.3 is 0 Å². The molecular weight excluding hydrogens is 370 g/mol. The van der Waals surface area contributed by atoms with Gasteiger partial charge in [0.15, 0.2) is 16.1 Å². The molecule has 2 rings (SSSR count). The Hall–Kier alpha value is -2.23. The molecule has 0 amide bonds. The fourth-order valence-corrected chi connectivity index (χ4v) is 2.92. The number of anilines is 2. The lowest BCUT2D eigenvalue weighted by Gasteiger charge is -2.10. The Bertz CT molecular complexity index is 823. The van der Waals surface area contributed by atoms with E-state index in [-0.39, 0.29) is 15.9 Å². The zero-order valence-electron chi connectivity index (χ0n) is 12.4. The van der Waals surface area contributed by atoms with Crippen molar-refractivity contribution in [3.8, 4) is 0 Å². The van der Waals surface area contributed by atoms with E-state index in [2.05, 4.69) is 32.1 Å². The lowest BCUT2D eigenvalue weighted by atomic mass is 10.3. The van der Waals surface area contributed by atoms with E-state index >= 15 is 0 Å². The number of hydrogen-bond donors (Lipinski definition) is 3. The molecule has 0 aliphatic rings. The van der Waals surface area contributed by atoms with Crippen molar-refractivity contribution in [2.24, 2.45) is 0 Å². The van der Waals surface area contributed by atoms with Crippen LogP contribution in [-0.4, -0.2) is 30.3 Å². The quantitative estimate of drug-likeness (QED) is 0.520. The van der Waals surface area contributed by atoms with Crippen LogP contribution in [0.3, 0.4) is 0 Å². The van der Waals surface area contributed by atoms with E-state index in [4.69, 9.17) is 23.8 Å². The zero-order valence-corrected chi connectivity index (χ0v) is 14.7. The van der Waals surface area contributed by atoms with E-state index < -0.39 is 10.0 Å². The van der Waals surface area contributed by atoms with Crippen LogP contribution in [0.25, 0.3) is 0 Å². The predicted molar refractivity (Wildman–Crippen MR) is 98.7 cm³/mol. The first-order valence-electron chi connectivity index (χ1n) is 6.68. The van der Waals surface area contributed by atoms with E-state index in [0.29, 0.717) is 17.3 Å². The lowest BCUT2D eigenvalue weighted by molar-refractivity contribution is 0.601. The minimum Gasteiger partial charge on any atom is -0.359 e. The maximum absolute atomic E-state index is 12.3. The van der Waals surface area contributed by atoms with E-state index in [0.717, 1.165) is 0 Å². The van der Waals surface area contributed by atoms with E-state index in [9.17, 15) is 8.42 Å². The summed E-state index contributed by atoms with van der Waals surface area (Å²) in [5.41, 5.74) is 0.654. The van der Waals surface area contributed by atoms with Crippen molar-refractivity contribution in [2.75, 3.05) is 16.6 Å². The molecule has 3 N–H and O–H groups in total. The van der Waals surface area contributed by atoms with Crippen LogP contribution in [-0.2, 0) is 10.0 Å². The second-order valence-corrected chi connectivity index (χ2v) is 6.97. The molecule has 1 aromatic heterocycles. The molecule has 10 heteroatoms. The number of nitrogens with one attached hydrogen (secondary N) is 3. The lowest BCUT2D eigenvalue weighted by Crippen LogP contribution is -2.28. The SMILES string of the molecule is C=CCNC(=S)Nc1ccc(S(=O)(=O)Nc2ccc(Cl)nn2)cc1. The minimum absolute atomic E-state index is 0.0785. The molecule has 0 fully saturated rings. The summed E-state index contributed by atoms with van der Waals surface area (Å²) in [6, 6.07) is 8.96. The Morgan fingerprint density at radius 3 is 2.50 bits per heavy atom. The van der Waals surface area contributed by atoms with Gasteiger partial charge in [-0.05, 0) is 48.6 Å². The van der Waals surface area contributed by atoms with Crippen LogP contribution in [0.4, 0.5) is 11.5 Å². The summed E-state index contributed by atoms with van der Waals surface area (Å²) in [5, 5.41) is 13.7. The summed E-state index contributed by atoms with van der Waals surface area (Å²) < 4.78 is 26.9. The molecule has 0 unspecified atom stereocenters. The highest BCUT2D eigenvalue weighted by Crippen LogP contribution is 2.17. The number of benzene rings is 1. The number of hydrogen-bond acceptors (Lipinski definition) is 5. The molecule has 24 heavy (non-hydrogen) atoms. The van der Waals surface area contributed by atoms with Crippen molar-refractivity contribution in [1.29, 1.82) is 0 Å². The molecule has 0 aliphatic heterocycles. The Balaban J connectivity index is 2.07. The molecule has 0 saturated carbocycles. The minimum atomic E-state index is -3.77. The standard InChI is InChI=1S/C14H14ClN5O2S2/c1-2-9-16-14(23)17-10-3-5-11(6-4-10)24(21,22)20-13-8-7-12(15)18-19-13/h2-8H,1,9H2,(H,19,20)(H2,16,17,23). The third-order valence-electron chi connectivity index (χ3n) is 2.70. The number of aromatic nitrogens is 2. The molecule has 126 valence electrons. The van der Waals surface area contributed by atoms with E-state index in [1.165, 1.54) is 24.3 Å². The summed E-state index contributed by atoms with van der Waals surface area (Å²) in [4.78, 5) is 0.0785. The maximum Gasteiger partial charge on any atom is 0.263 e. The van der Waals surface area contributed by atoms with Crippen LogP contribution in [0, 0.1) is 0 Å². The molecule has 0 saturated heterocycles. The molecule has 0 spiro atoms. The first-order valence-corrected chi connectivity index (χ1v) is 8.95. The van der Waals surface area contributed by atoms with Crippen molar-refractivity contribution in [2.45, 2.75) is 4.90 Å². The summed E-state index contributed by atoms with van der Waals surface area (Å²) >= 11 is 10.7. The molecule has 1 aromatic carbocycles. The van der Waals surface area contributed by atoms with Gasteiger partial charge in [0, 0.05) is 12.2 Å². The summed E-state index contributed by atoms with van der Waals surface area (Å²) in [6.07, 6.45) is 1.68. The normalized spacial score (nSPS) is 10.7. The number of thiocarbonyl (C=S) groups is 1. The van der Waals surface area contributed by atoms with Gasteiger partial charge in [0.05, 0.1) is 4.90 Å². The van der Waals surface area contributed by atoms with Crippen LogP contribution in [0.5, 0.6) is 0 Å². The fourth-order valence-electron chi connectivity index (χ4n) is 1.62. The van der Waals surface area contributed by atoms with Crippen LogP contribution in [0.2, 0.25) is 5.15 Å². The Labute approximate surface area is 150 Å². The molecule has 0 bridgehead atoms. The third kappa shape index (κ3) is 5.15. The van der Waals surface area contributed by atoms with Crippen molar-refractivity contribution in [3.63, 3.8) is 0 Å². The topological polar surface area (TPSA) is 96.0 Å². The van der Waals surface area contributed by atoms with Crippen LogP contribution in [0.1, 0.15) is 0 Å². The second kappa shape index (κ2) is 8.04. The number of halogens is 1. The van der Waals surface area contributed by atoms with Crippen LogP contribution in [0.15, 0.2) is 53.9 Å². The highest BCUT2D eigenvalue weighted by atomic mass is 35.5. The summed E-state index contributed by atoms with van der Waals surface area (Å²) in [6.45, 7) is 4.11. The van der Waals surface area contributed by atoms with Gasteiger partial charge in [-0.1, -0.05) is 17.7 Å². The highest BCUT2D eigenvalue weighted by molar-refractivity contribution is 7.92. The van der Waals surface area contributed by atoms with Crippen molar-refractivity contribution in [3.05, 3.63) is 54.2 Å². The summed E-state index contributed by atoms with van der Waals surface area (Å²) in [5.74, 6) is 0.0800. The Morgan fingerprint density at radius 1 is 1.21 bits per heavy atom. The highest BCUT2D eigenvalue weighted by Gasteiger charge is 2.15. The van der Waals surface area contributed by atoms with Crippen LogP contribution < -0.4 is 15.4 Å². The monoisotopic (exact) mass is 383 g/mol. The van der Waals surface area contributed by atoms with E-state index in [1.54, 1.807) is 18.2 Å². The van der Waals surface area contributed by atoms with Crippen molar-refractivity contribution in [1.82, 2.24) is 15.5 Å². The largest absolute Gasteiger partial charge is 0.359 e. The molecule has 7 nitrogen and oxygen atoms in total. The first kappa shape index (κ1) is 18.1. The van der Waals surface area contributed by atoms with Gasteiger partial charge in [0.2, 0.25) is 0 Å². The smallest absolute Gasteiger partial charge is 0.263 e. The van der Waals surface area contributed by atoms with Gasteiger partial charge in [0.25, 0.3) is 10.0 Å². The average molecular weight is 384 g/mol. The predicted octanol–water partition coefficient (Wildman–Crippen LogP) is 2.40. The Morgan fingerprint density at radius 2 is 1.92 bits per heavy atom. The van der Waals surface area contributed by atoms with Gasteiger partial charge in [-0.2, -0.15) is 0 Å². The van der Waals surface area contributed by atoms with Crippen molar-refractivity contribution < 1.29 is 8.42 Å². The zero-order chi connectivity index (χ0) is 17.6. The number of rotatable bonds is 6. The van der Waals surface area contributed by atoms with Gasteiger partial charge in [-0.15, -0.1) is 16.8 Å². The molecular formula is C14H14ClN5O2S2. The summed E-state index contributed by atoms with van der Waals surface area (Å²) in [7, 11) is -3.77. The molecule has 0 aliphatic carbocycles. The molecule has 2 aromatic rings.